The number of rotatable bonds is 4. The zero-order valence-corrected chi connectivity index (χ0v) is 12.5. The Labute approximate surface area is 129 Å². The first-order chi connectivity index (χ1) is 9.97. The standard InChI is InChI=1S/C12H14ClN3O4S/c13-9-2-1-7(21-9)6-15-12(20)16-4-3-14-11(19)8(16)5-10(17)18/h1-2,8H,3-6H2,(H,14,19)(H,15,20)(H,17,18). The summed E-state index contributed by atoms with van der Waals surface area (Å²) in [5.74, 6) is -1.57. The molecule has 2 heterocycles. The number of piperazine rings is 1. The maximum Gasteiger partial charge on any atom is 0.318 e. The van der Waals surface area contributed by atoms with Crippen molar-refractivity contribution < 1.29 is 19.5 Å². The average Bonchev–Trinajstić information content (AvgIpc) is 2.84. The molecular weight excluding hydrogens is 318 g/mol. The van der Waals surface area contributed by atoms with Crippen molar-refractivity contribution in [3.63, 3.8) is 0 Å². The number of hydrogen-bond donors (Lipinski definition) is 3. The predicted octanol–water partition coefficient (Wildman–Crippen LogP) is 0.886. The van der Waals surface area contributed by atoms with Crippen LogP contribution in [0.5, 0.6) is 0 Å². The van der Waals surface area contributed by atoms with Crippen LogP contribution in [0.4, 0.5) is 4.79 Å². The number of urea groups is 1. The van der Waals surface area contributed by atoms with E-state index in [1.165, 1.54) is 16.2 Å². The minimum Gasteiger partial charge on any atom is -0.481 e. The Hall–Kier alpha value is -1.80. The highest BCUT2D eigenvalue weighted by molar-refractivity contribution is 7.16. The lowest BCUT2D eigenvalue weighted by Gasteiger charge is -2.34. The molecule has 0 aromatic carbocycles. The highest BCUT2D eigenvalue weighted by atomic mass is 35.5. The first-order valence-corrected chi connectivity index (χ1v) is 7.45. The molecule has 1 aromatic rings. The fraction of sp³-hybridized carbons (Fsp3) is 0.417. The van der Waals surface area contributed by atoms with Crippen LogP contribution in [0.2, 0.25) is 4.34 Å². The molecule has 21 heavy (non-hydrogen) atoms. The van der Waals surface area contributed by atoms with Crippen molar-refractivity contribution >= 4 is 40.8 Å². The van der Waals surface area contributed by atoms with Gasteiger partial charge in [-0.15, -0.1) is 11.3 Å². The molecule has 0 aliphatic carbocycles. The van der Waals surface area contributed by atoms with Crippen LogP contribution >= 0.6 is 22.9 Å². The molecule has 0 saturated carbocycles. The first-order valence-electron chi connectivity index (χ1n) is 6.25. The van der Waals surface area contributed by atoms with E-state index in [4.69, 9.17) is 16.7 Å². The van der Waals surface area contributed by atoms with Gasteiger partial charge in [-0.25, -0.2) is 4.79 Å². The number of aliphatic carboxylic acids is 1. The predicted molar refractivity (Wildman–Crippen MR) is 77.3 cm³/mol. The van der Waals surface area contributed by atoms with Crippen LogP contribution < -0.4 is 10.6 Å². The van der Waals surface area contributed by atoms with Crippen LogP contribution in [0.15, 0.2) is 12.1 Å². The van der Waals surface area contributed by atoms with Crippen molar-refractivity contribution in [3.8, 4) is 0 Å². The van der Waals surface area contributed by atoms with Gasteiger partial charge in [0.15, 0.2) is 0 Å². The van der Waals surface area contributed by atoms with Crippen molar-refractivity contribution in [2.24, 2.45) is 0 Å². The molecule has 3 amide bonds. The molecule has 9 heteroatoms. The molecule has 7 nitrogen and oxygen atoms in total. The fourth-order valence-electron chi connectivity index (χ4n) is 2.04. The second-order valence-electron chi connectivity index (χ2n) is 4.46. The number of amides is 3. The van der Waals surface area contributed by atoms with E-state index >= 15 is 0 Å². The topological polar surface area (TPSA) is 98.7 Å². The second-order valence-corrected chi connectivity index (χ2v) is 6.26. The molecule has 1 atom stereocenters. The summed E-state index contributed by atoms with van der Waals surface area (Å²) in [4.78, 5) is 36.8. The van der Waals surface area contributed by atoms with E-state index in [9.17, 15) is 14.4 Å². The summed E-state index contributed by atoms with van der Waals surface area (Å²) in [6.07, 6.45) is -0.413. The Morgan fingerprint density at radius 3 is 2.90 bits per heavy atom. The Morgan fingerprint density at radius 2 is 2.29 bits per heavy atom. The lowest BCUT2D eigenvalue weighted by Crippen LogP contribution is -2.59. The van der Waals surface area contributed by atoms with Gasteiger partial charge < -0.3 is 20.6 Å². The third-order valence-electron chi connectivity index (χ3n) is 3.00. The van der Waals surface area contributed by atoms with Crippen LogP contribution in [0.1, 0.15) is 11.3 Å². The second kappa shape index (κ2) is 6.77. The number of carbonyl (C=O) groups is 3. The summed E-state index contributed by atoms with van der Waals surface area (Å²) in [6, 6.07) is 2.09. The van der Waals surface area contributed by atoms with Crippen molar-refractivity contribution in [3.05, 3.63) is 21.3 Å². The third-order valence-corrected chi connectivity index (χ3v) is 4.23. The van der Waals surface area contributed by atoms with E-state index in [0.29, 0.717) is 10.9 Å². The molecule has 1 saturated heterocycles. The fourth-order valence-corrected chi connectivity index (χ4v) is 3.06. The zero-order chi connectivity index (χ0) is 15.4. The molecule has 1 aliphatic heterocycles. The summed E-state index contributed by atoms with van der Waals surface area (Å²) in [5.41, 5.74) is 0. The summed E-state index contributed by atoms with van der Waals surface area (Å²) in [7, 11) is 0. The number of carboxylic acids is 1. The van der Waals surface area contributed by atoms with Crippen LogP contribution in [0, 0.1) is 0 Å². The number of carboxylic acid groups (broad SMARTS) is 1. The maximum absolute atomic E-state index is 12.1. The van der Waals surface area contributed by atoms with Gasteiger partial charge in [0, 0.05) is 18.0 Å². The summed E-state index contributed by atoms with van der Waals surface area (Å²) >= 11 is 7.15. The highest BCUT2D eigenvalue weighted by Crippen LogP contribution is 2.21. The van der Waals surface area contributed by atoms with Crippen molar-refractivity contribution in [1.29, 1.82) is 0 Å². The molecule has 1 fully saturated rings. The van der Waals surface area contributed by atoms with E-state index in [2.05, 4.69) is 10.6 Å². The SMILES string of the molecule is O=C(O)CC1C(=O)NCCN1C(=O)NCc1ccc(Cl)s1. The van der Waals surface area contributed by atoms with E-state index in [0.717, 1.165) is 4.88 Å². The lowest BCUT2D eigenvalue weighted by atomic mass is 10.1. The van der Waals surface area contributed by atoms with Crippen LogP contribution in [0.25, 0.3) is 0 Å². The largest absolute Gasteiger partial charge is 0.481 e. The number of halogens is 1. The average molecular weight is 332 g/mol. The van der Waals surface area contributed by atoms with Crippen molar-refractivity contribution in [2.45, 2.75) is 19.0 Å². The molecule has 114 valence electrons. The van der Waals surface area contributed by atoms with Crippen LogP contribution in [-0.2, 0) is 16.1 Å². The third kappa shape index (κ3) is 4.08. The Morgan fingerprint density at radius 1 is 1.52 bits per heavy atom. The maximum atomic E-state index is 12.1. The normalized spacial score (nSPS) is 18.2. The molecule has 0 spiro atoms. The molecule has 2 rings (SSSR count). The molecule has 1 aliphatic rings. The summed E-state index contributed by atoms with van der Waals surface area (Å²) in [6.45, 7) is 0.877. The summed E-state index contributed by atoms with van der Waals surface area (Å²) < 4.78 is 0.625. The van der Waals surface area contributed by atoms with Gasteiger partial charge in [0.1, 0.15) is 6.04 Å². The number of hydrogen-bond acceptors (Lipinski definition) is 4. The van der Waals surface area contributed by atoms with Gasteiger partial charge in [-0.3, -0.25) is 9.59 Å². The van der Waals surface area contributed by atoms with E-state index < -0.39 is 30.4 Å². The number of thiophene rings is 1. The number of nitrogens with one attached hydrogen (secondary N) is 2. The number of carbonyl (C=O) groups excluding carboxylic acids is 2. The Bertz CT molecular complexity index is 562. The highest BCUT2D eigenvalue weighted by Gasteiger charge is 2.34. The molecule has 0 radical (unpaired) electrons. The van der Waals surface area contributed by atoms with Crippen molar-refractivity contribution in [1.82, 2.24) is 15.5 Å². The van der Waals surface area contributed by atoms with Gasteiger partial charge in [-0.2, -0.15) is 0 Å². The zero-order valence-electron chi connectivity index (χ0n) is 11.0. The smallest absolute Gasteiger partial charge is 0.318 e. The van der Waals surface area contributed by atoms with Crippen LogP contribution in [-0.4, -0.2) is 47.0 Å². The first kappa shape index (κ1) is 15.6. The van der Waals surface area contributed by atoms with E-state index in [1.54, 1.807) is 12.1 Å². The van der Waals surface area contributed by atoms with Crippen molar-refractivity contribution in [2.75, 3.05) is 13.1 Å². The molecule has 0 bridgehead atoms. The van der Waals surface area contributed by atoms with Gasteiger partial charge in [0.05, 0.1) is 17.3 Å². The van der Waals surface area contributed by atoms with E-state index in [1.807, 2.05) is 0 Å². The quantitative estimate of drug-likeness (QED) is 0.763. The van der Waals surface area contributed by atoms with Gasteiger partial charge in [0.2, 0.25) is 5.91 Å². The lowest BCUT2D eigenvalue weighted by molar-refractivity contribution is -0.142. The van der Waals surface area contributed by atoms with E-state index in [-0.39, 0.29) is 13.1 Å². The minimum atomic E-state index is -1.13. The molecule has 1 aromatic heterocycles. The van der Waals surface area contributed by atoms with Gasteiger partial charge in [-0.1, -0.05) is 11.6 Å². The Balaban J connectivity index is 1.98. The van der Waals surface area contributed by atoms with Crippen LogP contribution in [0.3, 0.4) is 0 Å². The van der Waals surface area contributed by atoms with Gasteiger partial charge >= 0.3 is 12.0 Å². The monoisotopic (exact) mass is 331 g/mol. The molecular formula is C12H14ClN3O4S. The Kier molecular flexibility index (Phi) is 5.03. The van der Waals surface area contributed by atoms with Gasteiger partial charge in [0.25, 0.3) is 0 Å². The molecule has 1 unspecified atom stereocenters. The number of nitrogens with zero attached hydrogens (tertiary/aromatic N) is 1. The van der Waals surface area contributed by atoms with Gasteiger partial charge in [-0.05, 0) is 12.1 Å². The minimum absolute atomic E-state index is 0.278. The molecule has 3 N–H and O–H groups in total. The summed E-state index contributed by atoms with van der Waals surface area (Å²) in [5, 5.41) is 14.1.